The van der Waals surface area contributed by atoms with Crippen molar-refractivity contribution in [3.8, 4) is 5.75 Å². The molecule has 1 aliphatic rings. The van der Waals surface area contributed by atoms with Gasteiger partial charge in [-0.3, -0.25) is 4.79 Å². The van der Waals surface area contributed by atoms with Crippen LogP contribution in [-0.4, -0.2) is 47.2 Å². The van der Waals surface area contributed by atoms with Gasteiger partial charge in [-0.15, -0.1) is 0 Å². The number of hydrogen-bond acceptors (Lipinski definition) is 4. The molecular weight excluding hydrogens is 208 g/mol. The fourth-order valence-corrected chi connectivity index (χ4v) is 1.72. The number of ether oxygens (including phenoxy) is 1. The van der Waals surface area contributed by atoms with Crippen LogP contribution in [0.5, 0.6) is 5.75 Å². The molecule has 1 amide bonds. The van der Waals surface area contributed by atoms with Gasteiger partial charge < -0.3 is 14.7 Å². The number of aromatic hydroxyl groups is 1. The maximum atomic E-state index is 12.0. The zero-order valence-electron chi connectivity index (χ0n) is 9.09. The topological polar surface area (TPSA) is 62.7 Å². The van der Waals surface area contributed by atoms with Gasteiger partial charge in [0, 0.05) is 19.9 Å². The van der Waals surface area contributed by atoms with Crippen molar-refractivity contribution in [1.29, 1.82) is 0 Å². The molecule has 5 heteroatoms. The minimum Gasteiger partial charge on any atom is -0.505 e. The molecule has 1 N–H and O–H groups in total. The van der Waals surface area contributed by atoms with Crippen LogP contribution in [0.15, 0.2) is 18.3 Å². The lowest BCUT2D eigenvalue weighted by atomic mass is 10.2. The lowest BCUT2D eigenvalue weighted by molar-refractivity contribution is 0.0702. The summed E-state index contributed by atoms with van der Waals surface area (Å²) in [6.07, 6.45) is 2.32. The first-order chi connectivity index (χ1) is 7.70. The summed E-state index contributed by atoms with van der Waals surface area (Å²) in [6, 6.07) is 3.12. The summed E-state index contributed by atoms with van der Waals surface area (Å²) >= 11 is 0. The molecule has 0 aromatic carbocycles. The third-order valence-electron chi connectivity index (χ3n) is 2.76. The first-order valence-corrected chi connectivity index (χ1v) is 5.19. The Hall–Kier alpha value is -1.62. The SMILES string of the molecule is CN(C(=O)c1ncccc1O)C1CCOC1. The number of amides is 1. The standard InChI is InChI=1S/C11H14N2O3/c1-13(8-4-6-16-7-8)11(15)10-9(14)3-2-5-12-10/h2-3,5,8,14H,4,6-7H2,1H3. The van der Waals surface area contributed by atoms with Crippen molar-refractivity contribution in [2.24, 2.45) is 0 Å². The second kappa shape index (κ2) is 4.49. The van der Waals surface area contributed by atoms with Crippen LogP contribution in [0, 0.1) is 0 Å². The zero-order valence-corrected chi connectivity index (χ0v) is 9.09. The Balaban J connectivity index is 2.15. The van der Waals surface area contributed by atoms with Gasteiger partial charge in [-0.05, 0) is 18.6 Å². The number of likely N-dealkylation sites (N-methyl/N-ethyl adjacent to an activating group) is 1. The highest BCUT2D eigenvalue weighted by Gasteiger charge is 2.26. The molecule has 86 valence electrons. The summed E-state index contributed by atoms with van der Waals surface area (Å²) in [5.74, 6) is -0.355. The average Bonchev–Trinajstić information content (AvgIpc) is 2.81. The second-order valence-electron chi connectivity index (χ2n) is 3.80. The minimum absolute atomic E-state index is 0.0777. The van der Waals surface area contributed by atoms with Crippen molar-refractivity contribution < 1.29 is 14.6 Å². The maximum Gasteiger partial charge on any atom is 0.276 e. The van der Waals surface area contributed by atoms with Gasteiger partial charge in [0.05, 0.1) is 12.6 Å². The Morgan fingerprint density at radius 2 is 2.50 bits per heavy atom. The number of carbonyl (C=O) groups excluding carboxylic acids is 1. The van der Waals surface area contributed by atoms with Crippen LogP contribution in [0.1, 0.15) is 16.9 Å². The molecule has 0 spiro atoms. The van der Waals surface area contributed by atoms with Crippen LogP contribution in [0.3, 0.4) is 0 Å². The molecule has 0 radical (unpaired) electrons. The molecule has 0 aliphatic carbocycles. The molecule has 1 fully saturated rings. The molecule has 5 nitrogen and oxygen atoms in total. The van der Waals surface area contributed by atoms with Gasteiger partial charge in [0.1, 0.15) is 5.75 Å². The number of hydrogen-bond donors (Lipinski definition) is 1. The highest BCUT2D eigenvalue weighted by Crippen LogP contribution is 2.18. The van der Waals surface area contributed by atoms with Crippen molar-refractivity contribution in [2.75, 3.05) is 20.3 Å². The predicted octanol–water partition coefficient (Wildman–Crippen LogP) is 0.648. The Kier molecular flexibility index (Phi) is 3.05. The molecule has 1 atom stereocenters. The smallest absolute Gasteiger partial charge is 0.276 e. The summed E-state index contributed by atoms with van der Waals surface area (Å²) in [6.45, 7) is 1.23. The lowest BCUT2D eigenvalue weighted by Crippen LogP contribution is -2.37. The zero-order chi connectivity index (χ0) is 11.5. The highest BCUT2D eigenvalue weighted by atomic mass is 16.5. The minimum atomic E-state index is -0.270. The Bertz CT molecular complexity index is 389. The Labute approximate surface area is 93.7 Å². The van der Waals surface area contributed by atoms with E-state index in [1.807, 2.05) is 0 Å². The average molecular weight is 222 g/mol. The van der Waals surface area contributed by atoms with Crippen LogP contribution in [0.25, 0.3) is 0 Å². The molecule has 1 aromatic heterocycles. The Morgan fingerprint density at radius 1 is 1.69 bits per heavy atom. The van der Waals surface area contributed by atoms with Crippen LogP contribution in [0.4, 0.5) is 0 Å². The number of rotatable bonds is 2. The monoisotopic (exact) mass is 222 g/mol. The predicted molar refractivity (Wildman–Crippen MR) is 57.2 cm³/mol. The summed E-state index contributed by atoms with van der Waals surface area (Å²) in [4.78, 5) is 17.5. The molecule has 1 unspecified atom stereocenters. The number of nitrogens with zero attached hydrogens (tertiary/aromatic N) is 2. The van der Waals surface area contributed by atoms with Crippen molar-refractivity contribution in [1.82, 2.24) is 9.88 Å². The van der Waals surface area contributed by atoms with E-state index in [0.29, 0.717) is 13.2 Å². The number of aromatic nitrogens is 1. The van der Waals surface area contributed by atoms with Crippen molar-refractivity contribution in [3.63, 3.8) is 0 Å². The lowest BCUT2D eigenvalue weighted by Gasteiger charge is -2.22. The Morgan fingerprint density at radius 3 is 3.12 bits per heavy atom. The van der Waals surface area contributed by atoms with E-state index in [4.69, 9.17) is 4.74 Å². The molecule has 2 heterocycles. The number of carbonyl (C=O) groups is 1. The fourth-order valence-electron chi connectivity index (χ4n) is 1.72. The number of pyridine rings is 1. The van der Waals surface area contributed by atoms with E-state index in [9.17, 15) is 9.90 Å². The van der Waals surface area contributed by atoms with E-state index in [0.717, 1.165) is 6.42 Å². The van der Waals surface area contributed by atoms with Crippen LogP contribution < -0.4 is 0 Å². The van der Waals surface area contributed by atoms with Crippen molar-refractivity contribution in [3.05, 3.63) is 24.0 Å². The van der Waals surface area contributed by atoms with Crippen molar-refractivity contribution in [2.45, 2.75) is 12.5 Å². The molecule has 1 aromatic rings. The van der Waals surface area contributed by atoms with E-state index >= 15 is 0 Å². The van der Waals surface area contributed by atoms with Gasteiger partial charge in [-0.1, -0.05) is 0 Å². The summed E-state index contributed by atoms with van der Waals surface area (Å²) in [7, 11) is 1.70. The second-order valence-corrected chi connectivity index (χ2v) is 3.80. The summed E-state index contributed by atoms with van der Waals surface area (Å²) in [5, 5.41) is 9.53. The molecule has 16 heavy (non-hydrogen) atoms. The molecule has 1 aliphatic heterocycles. The quantitative estimate of drug-likeness (QED) is 0.798. The summed E-state index contributed by atoms with van der Waals surface area (Å²) in [5.41, 5.74) is 0.0944. The first-order valence-electron chi connectivity index (χ1n) is 5.19. The van der Waals surface area contributed by atoms with Gasteiger partial charge in [-0.2, -0.15) is 0 Å². The van der Waals surface area contributed by atoms with E-state index in [2.05, 4.69) is 4.98 Å². The van der Waals surface area contributed by atoms with E-state index in [1.54, 1.807) is 18.0 Å². The van der Waals surface area contributed by atoms with Crippen LogP contribution >= 0.6 is 0 Å². The van der Waals surface area contributed by atoms with Crippen molar-refractivity contribution >= 4 is 5.91 Å². The normalized spacial score (nSPS) is 19.7. The van der Waals surface area contributed by atoms with Crippen LogP contribution in [-0.2, 0) is 4.74 Å². The molecule has 1 saturated heterocycles. The van der Waals surface area contributed by atoms with Gasteiger partial charge in [0.15, 0.2) is 5.69 Å². The van der Waals surface area contributed by atoms with Gasteiger partial charge >= 0.3 is 0 Å². The third kappa shape index (κ3) is 1.99. The fraction of sp³-hybridized carbons (Fsp3) is 0.455. The van der Waals surface area contributed by atoms with E-state index in [1.165, 1.54) is 12.3 Å². The molecule has 0 saturated carbocycles. The van der Waals surface area contributed by atoms with Gasteiger partial charge in [-0.25, -0.2) is 4.98 Å². The molecular formula is C11H14N2O3. The maximum absolute atomic E-state index is 12.0. The molecule has 0 bridgehead atoms. The highest BCUT2D eigenvalue weighted by molar-refractivity contribution is 5.94. The first kappa shape index (κ1) is 10.9. The van der Waals surface area contributed by atoms with Crippen LogP contribution in [0.2, 0.25) is 0 Å². The summed E-state index contributed by atoms with van der Waals surface area (Å²) < 4.78 is 5.22. The third-order valence-corrected chi connectivity index (χ3v) is 2.76. The largest absolute Gasteiger partial charge is 0.505 e. The molecule has 2 rings (SSSR count). The van der Waals surface area contributed by atoms with Gasteiger partial charge in [0.25, 0.3) is 5.91 Å². The van der Waals surface area contributed by atoms with E-state index < -0.39 is 0 Å². The van der Waals surface area contributed by atoms with Gasteiger partial charge in [0.2, 0.25) is 0 Å². The van der Waals surface area contributed by atoms with E-state index in [-0.39, 0.29) is 23.4 Å².